The van der Waals surface area contributed by atoms with E-state index in [0.717, 1.165) is 25.8 Å². The van der Waals surface area contributed by atoms with Crippen LogP contribution >= 0.6 is 22.6 Å². The summed E-state index contributed by atoms with van der Waals surface area (Å²) in [4.78, 5) is 0. The normalized spacial score (nSPS) is 13.5. The average molecular weight is 375 g/mol. The number of hydrogen-bond acceptors (Lipinski definition) is 2. The van der Waals surface area contributed by atoms with Crippen LogP contribution in [0.3, 0.4) is 0 Å². The van der Waals surface area contributed by atoms with Crippen molar-refractivity contribution in [1.29, 1.82) is 0 Å². The first-order chi connectivity index (χ1) is 9.00. The fourth-order valence-electron chi connectivity index (χ4n) is 2.04. The average Bonchev–Trinajstić information content (AvgIpc) is 2.40. The van der Waals surface area contributed by atoms with Gasteiger partial charge in [-0.15, -0.1) is 0 Å². The summed E-state index contributed by atoms with van der Waals surface area (Å²) in [5.41, 5.74) is 1.36. The van der Waals surface area contributed by atoms with E-state index in [9.17, 15) is 0 Å². The van der Waals surface area contributed by atoms with Gasteiger partial charge in [0.2, 0.25) is 0 Å². The van der Waals surface area contributed by atoms with E-state index in [2.05, 4.69) is 72.9 Å². The van der Waals surface area contributed by atoms with Gasteiger partial charge >= 0.3 is 0 Å². The molecule has 0 saturated carbocycles. The van der Waals surface area contributed by atoms with Crippen LogP contribution in [0.4, 0.5) is 0 Å². The minimum absolute atomic E-state index is 0.0492. The van der Waals surface area contributed by atoms with Gasteiger partial charge in [-0.05, 0) is 73.9 Å². The SMILES string of the molecule is CCCNC(CCC(C)(C)OC)c1ccccc1I. The van der Waals surface area contributed by atoms with Crippen LogP contribution in [0.15, 0.2) is 24.3 Å². The topological polar surface area (TPSA) is 21.3 Å². The molecule has 0 bridgehead atoms. The summed E-state index contributed by atoms with van der Waals surface area (Å²) < 4.78 is 6.87. The highest BCUT2D eigenvalue weighted by Gasteiger charge is 2.20. The van der Waals surface area contributed by atoms with Crippen molar-refractivity contribution in [2.24, 2.45) is 0 Å². The van der Waals surface area contributed by atoms with Gasteiger partial charge in [0, 0.05) is 16.7 Å². The summed E-state index contributed by atoms with van der Waals surface area (Å²) >= 11 is 2.43. The van der Waals surface area contributed by atoms with Crippen LogP contribution in [-0.2, 0) is 4.74 Å². The molecule has 1 atom stereocenters. The third kappa shape index (κ3) is 5.79. The van der Waals surface area contributed by atoms with Crippen LogP contribution in [-0.4, -0.2) is 19.3 Å². The first-order valence-corrected chi connectivity index (χ1v) is 8.11. The molecule has 0 aliphatic carbocycles. The lowest BCUT2D eigenvalue weighted by molar-refractivity contribution is 0.0116. The van der Waals surface area contributed by atoms with E-state index >= 15 is 0 Å². The monoisotopic (exact) mass is 375 g/mol. The van der Waals surface area contributed by atoms with Crippen molar-refractivity contribution in [1.82, 2.24) is 5.32 Å². The molecule has 0 aromatic heterocycles. The molecule has 0 aliphatic heterocycles. The van der Waals surface area contributed by atoms with Crippen LogP contribution in [0.1, 0.15) is 51.6 Å². The summed E-state index contributed by atoms with van der Waals surface area (Å²) in [6.45, 7) is 7.57. The molecule has 0 aliphatic rings. The van der Waals surface area contributed by atoms with Gasteiger partial charge in [-0.1, -0.05) is 25.1 Å². The van der Waals surface area contributed by atoms with Crippen LogP contribution in [0.2, 0.25) is 0 Å². The Morgan fingerprint density at radius 2 is 2.00 bits per heavy atom. The van der Waals surface area contributed by atoms with Gasteiger partial charge < -0.3 is 10.1 Å². The van der Waals surface area contributed by atoms with Gasteiger partial charge in [0.05, 0.1) is 5.60 Å². The number of nitrogens with one attached hydrogen (secondary N) is 1. The number of ether oxygens (including phenoxy) is 1. The van der Waals surface area contributed by atoms with Crippen LogP contribution < -0.4 is 5.32 Å². The van der Waals surface area contributed by atoms with Gasteiger partial charge in [0.1, 0.15) is 0 Å². The zero-order valence-electron chi connectivity index (χ0n) is 12.5. The van der Waals surface area contributed by atoms with E-state index in [1.54, 1.807) is 7.11 Å². The minimum atomic E-state index is -0.0492. The molecular formula is C16H26INO. The molecule has 1 unspecified atom stereocenters. The molecule has 0 fully saturated rings. The van der Waals surface area contributed by atoms with Crippen LogP contribution in [0.25, 0.3) is 0 Å². The van der Waals surface area contributed by atoms with E-state index in [1.807, 2.05) is 0 Å². The largest absolute Gasteiger partial charge is 0.379 e. The first-order valence-electron chi connectivity index (χ1n) is 7.03. The van der Waals surface area contributed by atoms with Crippen molar-refractivity contribution in [3.63, 3.8) is 0 Å². The molecule has 0 saturated heterocycles. The third-order valence-electron chi connectivity index (χ3n) is 3.51. The molecule has 1 N–H and O–H groups in total. The number of rotatable bonds is 8. The Labute approximate surface area is 131 Å². The second-order valence-corrected chi connectivity index (χ2v) is 6.69. The highest BCUT2D eigenvalue weighted by atomic mass is 127. The summed E-state index contributed by atoms with van der Waals surface area (Å²) in [5.74, 6) is 0. The molecule has 1 aromatic rings. The zero-order valence-corrected chi connectivity index (χ0v) is 14.7. The van der Waals surface area contributed by atoms with Crippen LogP contribution in [0.5, 0.6) is 0 Å². The smallest absolute Gasteiger partial charge is 0.0623 e. The van der Waals surface area contributed by atoms with Gasteiger partial charge in [-0.25, -0.2) is 0 Å². The maximum atomic E-state index is 5.53. The van der Waals surface area contributed by atoms with Gasteiger partial charge in [-0.2, -0.15) is 0 Å². The van der Waals surface area contributed by atoms with Gasteiger partial charge in [-0.3, -0.25) is 0 Å². The predicted octanol–water partition coefficient (Wildman–Crippen LogP) is 4.54. The molecule has 0 spiro atoms. The highest BCUT2D eigenvalue weighted by molar-refractivity contribution is 14.1. The maximum Gasteiger partial charge on any atom is 0.0623 e. The molecular weight excluding hydrogens is 349 g/mol. The number of benzene rings is 1. The van der Waals surface area contributed by atoms with Crippen LogP contribution in [0, 0.1) is 3.57 Å². The van der Waals surface area contributed by atoms with E-state index in [-0.39, 0.29) is 5.60 Å². The van der Waals surface area contributed by atoms with E-state index in [0.29, 0.717) is 6.04 Å². The molecule has 0 heterocycles. The van der Waals surface area contributed by atoms with Crippen molar-refractivity contribution in [3.05, 3.63) is 33.4 Å². The molecule has 1 aromatic carbocycles. The van der Waals surface area contributed by atoms with Crippen molar-refractivity contribution in [2.45, 2.75) is 51.7 Å². The standard InChI is InChI=1S/C16H26INO/c1-5-12-18-15(10-11-16(2,3)19-4)13-8-6-7-9-14(13)17/h6-9,15,18H,5,10-12H2,1-4H3. The predicted molar refractivity (Wildman–Crippen MR) is 90.5 cm³/mol. The lowest BCUT2D eigenvalue weighted by atomic mass is 9.95. The van der Waals surface area contributed by atoms with Crippen molar-refractivity contribution < 1.29 is 4.74 Å². The summed E-state index contributed by atoms with van der Waals surface area (Å²) in [6, 6.07) is 9.05. The Hall–Kier alpha value is -0.130. The third-order valence-corrected chi connectivity index (χ3v) is 4.49. The van der Waals surface area contributed by atoms with E-state index in [4.69, 9.17) is 4.74 Å². The number of methoxy groups -OCH3 is 1. The highest BCUT2D eigenvalue weighted by Crippen LogP contribution is 2.27. The second kappa shape index (κ2) is 8.22. The lowest BCUT2D eigenvalue weighted by Gasteiger charge is -2.27. The van der Waals surface area contributed by atoms with Crippen molar-refractivity contribution in [3.8, 4) is 0 Å². The molecule has 2 nitrogen and oxygen atoms in total. The molecule has 108 valence electrons. The number of hydrogen-bond donors (Lipinski definition) is 1. The molecule has 1 rings (SSSR count). The minimum Gasteiger partial charge on any atom is -0.379 e. The molecule has 0 amide bonds. The summed E-state index contributed by atoms with van der Waals surface area (Å²) in [6.07, 6.45) is 3.31. The fraction of sp³-hybridized carbons (Fsp3) is 0.625. The Morgan fingerprint density at radius 3 is 2.58 bits per heavy atom. The van der Waals surface area contributed by atoms with Gasteiger partial charge in [0.25, 0.3) is 0 Å². The van der Waals surface area contributed by atoms with E-state index in [1.165, 1.54) is 9.13 Å². The summed E-state index contributed by atoms with van der Waals surface area (Å²) in [5, 5.41) is 3.66. The molecule has 19 heavy (non-hydrogen) atoms. The quantitative estimate of drug-likeness (QED) is 0.674. The molecule has 3 heteroatoms. The van der Waals surface area contributed by atoms with Gasteiger partial charge in [0.15, 0.2) is 0 Å². The number of halogens is 1. The first kappa shape index (κ1) is 16.9. The Morgan fingerprint density at radius 1 is 1.32 bits per heavy atom. The Balaban J connectivity index is 2.75. The Bertz CT molecular complexity index is 379. The van der Waals surface area contributed by atoms with Crippen molar-refractivity contribution >= 4 is 22.6 Å². The van der Waals surface area contributed by atoms with E-state index < -0.39 is 0 Å². The lowest BCUT2D eigenvalue weighted by Crippen LogP contribution is -2.28. The summed E-state index contributed by atoms with van der Waals surface area (Å²) in [7, 11) is 1.79. The van der Waals surface area contributed by atoms with Crippen molar-refractivity contribution in [2.75, 3.05) is 13.7 Å². The Kier molecular flexibility index (Phi) is 7.32. The second-order valence-electron chi connectivity index (χ2n) is 5.53. The molecule has 0 radical (unpaired) electrons. The fourth-order valence-corrected chi connectivity index (χ4v) is 2.80. The zero-order chi connectivity index (χ0) is 14.3. The maximum absolute atomic E-state index is 5.53.